The van der Waals surface area contributed by atoms with Gasteiger partial charge in [-0.25, -0.2) is 9.78 Å². The Morgan fingerprint density at radius 2 is 1.71 bits per heavy atom. The highest BCUT2D eigenvalue weighted by Crippen LogP contribution is 2.43. The monoisotopic (exact) mass is 731 g/mol. The normalized spacial score (nSPS) is 11.4. The third-order valence-corrected chi connectivity index (χ3v) is 9.13. The van der Waals surface area contributed by atoms with Gasteiger partial charge in [0.15, 0.2) is 17.3 Å². The molecule has 2 heterocycles. The molecule has 1 N–H and O–H groups in total. The van der Waals surface area contributed by atoms with Crippen molar-refractivity contribution in [2.75, 3.05) is 14.2 Å². The van der Waals surface area contributed by atoms with Gasteiger partial charge in [0.1, 0.15) is 17.9 Å². The lowest BCUT2D eigenvalue weighted by atomic mass is 10.1. The van der Waals surface area contributed by atoms with Gasteiger partial charge in [-0.2, -0.15) is 9.78 Å². The number of carboxylic acid groups (broad SMARTS) is 1. The highest BCUT2D eigenvalue weighted by Gasteiger charge is 2.20. The van der Waals surface area contributed by atoms with Crippen LogP contribution in [-0.2, 0) is 6.61 Å². The third kappa shape index (κ3) is 5.81. The van der Waals surface area contributed by atoms with E-state index in [2.05, 4.69) is 37.0 Å². The van der Waals surface area contributed by atoms with Crippen LogP contribution in [0.15, 0.2) is 102 Å². The van der Waals surface area contributed by atoms with E-state index in [-0.39, 0.29) is 23.6 Å². The lowest BCUT2D eigenvalue weighted by Gasteiger charge is -2.15. The maximum Gasteiger partial charge on any atom is 0.335 e. The summed E-state index contributed by atoms with van der Waals surface area (Å²) in [5, 5.41) is 14.8. The lowest BCUT2D eigenvalue weighted by Crippen LogP contribution is -2.20. The summed E-state index contributed by atoms with van der Waals surface area (Å²) in [4.78, 5) is 29.6. The first-order valence-electron chi connectivity index (χ1n) is 13.4. The van der Waals surface area contributed by atoms with Gasteiger partial charge in [-0.1, -0.05) is 30.3 Å². The van der Waals surface area contributed by atoms with Crippen molar-refractivity contribution in [2.24, 2.45) is 5.10 Å². The van der Waals surface area contributed by atoms with Gasteiger partial charge in [-0.3, -0.25) is 4.79 Å². The molecule has 4 aromatic carbocycles. The number of ether oxygens (including phenoxy) is 3. The van der Waals surface area contributed by atoms with Crippen LogP contribution < -0.4 is 19.8 Å². The van der Waals surface area contributed by atoms with E-state index in [1.165, 1.54) is 30.1 Å². The van der Waals surface area contributed by atoms with Gasteiger partial charge >= 0.3 is 5.97 Å². The quantitative estimate of drug-likeness (QED) is 0.152. The van der Waals surface area contributed by atoms with Crippen molar-refractivity contribution in [3.05, 3.63) is 115 Å². The van der Waals surface area contributed by atoms with Crippen molar-refractivity contribution in [3.8, 4) is 28.8 Å². The number of nitrogens with zero attached hydrogens (tertiary/aromatic N) is 3. The lowest BCUT2D eigenvalue weighted by molar-refractivity contribution is 0.0697. The molecule has 226 valence electrons. The van der Waals surface area contributed by atoms with Crippen molar-refractivity contribution in [2.45, 2.75) is 6.61 Å². The molecule has 0 saturated carbocycles. The number of aromatic carboxylic acids is 1. The van der Waals surface area contributed by atoms with Crippen LogP contribution in [0, 0.1) is 0 Å². The second-order valence-electron chi connectivity index (χ2n) is 9.71. The standard InChI is InChI=1S/C33H23Br2N3O7/c1-42-24-8-5-9-25-22(24)15-27(45-25)31-37-23-7-4-3-6-21(23)32(39)38(31)36-16-20-14-26(43-2)30(29(35)28(20)34)44-17-18-10-12-19(13-11-18)33(40)41/h3-16H,17H2,1-2H3,(H,40,41). The summed E-state index contributed by atoms with van der Waals surface area (Å²) in [5.41, 5.74) is 2.24. The maximum absolute atomic E-state index is 13.7. The highest BCUT2D eigenvalue weighted by molar-refractivity contribution is 9.13. The molecule has 6 aromatic rings. The number of furan rings is 1. The van der Waals surface area contributed by atoms with E-state index in [0.717, 1.165) is 10.9 Å². The Balaban J connectivity index is 1.40. The minimum atomic E-state index is -1.00. The molecule has 0 unspecified atom stereocenters. The minimum Gasteiger partial charge on any atom is -0.496 e. The Labute approximate surface area is 272 Å². The first-order chi connectivity index (χ1) is 21.8. The van der Waals surface area contributed by atoms with Crippen molar-refractivity contribution < 1.29 is 28.5 Å². The summed E-state index contributed by atoms with van der Waals surface area (Å²) in [7, 11) is 3.09. The Morgan fingerprint density at radius 1 is 0.956 bits per heavy atom. The van der Waals surface area contributed by atoms with Crippen molar-refractivity contribution in [1.82, 2.24) is 9.66 Å². The fraction of sp³-hybridized carbons (Fsp3) is 0.0909. The van der Waals surface area contributed by atoms with Crippen LogP contribution in [0.25, 0.3) is 33.5 Å². The number of carboxylic acids is 1. The fourth-order valence-electron chi connectivity index (χ4n) is 4.72. The molecule has 10 nitrogen and oxygen atoms in total. The van der Waals surface area contributed by atoms with Gasteiger partial charge in [0.05, 0.1) is 46.8 Å². The topological polar surface area (TPSA) is 125 Å². The number of halogens is 2. The van der Waals surface area contributed by atoms with Crippen molar-refractivity contribution in [1.29, 1.82) is 0 Å². The van der Waals surface area contributed by atoms with E-state index in [9.17, 15) is 9.59 Å². The molecule has 6 rings (SSSR count). The third-order valence-electron chi connectivity index (χ3n) is 6.99. The second-order valence-corrected chi connectivity index (χ2v) is 11.3. The van der Waals surface area contributed by atoms with Gasteiger partial charge in [0, 0.05) is 10.0 Å². The van der Waals surface area contributed by atoms with Gasteiger partial charge in [-0.15, -0.1) is 0 Å². The summed E-state index contributed by atoms with van der Waals surface area (Å²) in [5.74, 6) is 1.00. The Morgan fingerprint density at radius 3 is 2.44 bits per heavy atom. The van der Waals surface area contributed by atoms with Crippen LogP contribution >= 0.6 is 31.9 Å². The SMILES string of the molecule is COc1cc(C=Nn2c(-c3cc4c(OC)cccc4o3)nc3ccccc3c2=O)c(Br)c(Br)c1OCc1ccc(C(=O)O)cc1. The zero-order chi connectivity index (χ0) is 31.7. The second kappa shape index (κ2) is 12.6. The van der Waals surface area contributed by atoms with E-state index in [1.807, 2.05) is 24.3 Å². The average molecular weight is 733 g/mol. The molecule has 0 spiro atoms. The van der Waals surface area contributed by atoms with Crippen LogP contribution in [0.2, 0.25) is 0 Å². The van der Waals surface area contributed by atoms with Crippen LogP contribution in [0.1, 0.15) is 21.5 Å². The van der Waals surface area contributed by atoms with Crippen molar-refractivity contribution in [3.63, 3.8) is 0 Å². The number of benzene rings is 4. The summed E-state index contributed by atoms with van der Waals surface area (Å²) in [6.45, 7) is 0.165. The summed E-state index contributed by atoms with van der Waals surface area (Å²) in [6, 6.07) is 22.4. The molecule has 0 aliphatic carbocycles. The molecule has 0 atom stereocenters. The van der Waals surface area contributed by atoms with Gasteiger partial charge in [0.25, 0.3) is 5.56 Å². The number of hydrogen-bond donors (Lipinski definition) is 1. The van der Waals surface area contributed by atoms with Crippen LogP contribution in [-0.4, -0.2) is 41.2 Å². The number of hydrogen-bond acceptors (Lipinski definition) is 8. The predicted molar refractivity (Wildman–Crippen MR) is 177 cm³/mol. The first-order valence-corrected chi connectivity index (χ1v) is 15.0. The van der Waals surface area contributed by atoms with Gasteiger partial charge in [0.2, 0.25) is 5.82 Å². The summed E-state index contributed by atoms with van der Waals surface area (Å²) in [6.07, 6.45) is 1.51. The van der Waals surface area contributed by atoms with E-state index in [0.29, 0.717) is 54.0 Å². The molecule has 0 aliphatic rings. The minimum absolute atomic E-state index is 0.165. The molecule has 12 heteroatoms. The molecule has 2 aromatic heterocycles. The number of rotatable bonds is 9. The predicted octanol–water partition coefficient (Wildman–Crippen LogP) is 7.51. The number of carbonyl (C=O) groups is 1. The first kappa shape index (κ1) is 30.1. The molecule has 0 fully saturated rings. The molecular formula is C33H23Br2N3O7. The van der Waals surface area contributed by atoms with Gasteiger partial charge in [-0.05, 0) is 86.0 Å². The van der Waals surface area contributed by atoms with Crippen LogP contribution in [0.5, 0.6) is 17.2 Å². The average Bonchev–Trinajstić information content (AvgIpc) is 3.50. The Hall–Kier alpha value is -4.94. The van der Waals surface area contributed by atoms with Crippen molar-refractivity contribution >= 4 is 65.9 Å². The number of methoxy groups -OCH3 is 2. The Kier molecular flexibility index (Phi) is 8.42. The zero-order valence-electron chi connectivity index (χ0n) is 23.8. The van der Waals surface area contributed by atoms with E-state index in [4.69, 9.17) is 28.7 Å². The zero-order valence-corrected chi connectivity index (χ0v) is 27.0. The largest absolute Gasteiger partial charge is 0.496 e. The van der Waals surface area contributed by atoms with E-state index < -0.39 is 5.97 Å². The molecule has 0 aliphatic heterocycles. The van der Waals surface area contributed by atoms with Crippen LogP contribution in [0.4, 0.5) is 0 Å². The smallest absolute Gasteiger partial charge is 0.335 e. The fourth-order valence-corrected chi connectivity index (χ4v) is 5.65. The molecule has 0 radical (unpaired) electrons. The van der Waals surface area contributed by atoms with Gasteiger partial charge < -0.3 is 23.7 Å². The molecular weight excluding hydrogens is 710 g/mol. The number of para-hydroxylation sites is 1. The maximum atomic E-state index is 13.7. The Bertz CT molecular complexity index is 2170. The van der Waals surface area contributed by atoms with E-state index in [1.54, 1.807) is 49.6 Å². The molecule has 0 bridgehead atoms. The van der Waals surface area contributed by atoms with E-state index >= 15 is 0 Å². The molecule has 0 saturated heterocycles. The summed E-state index contributed by atoms with van der Waals surface area (Å²) >= 11 is 7.19. The van der Waals surface area contributed by atoms with Crippen LogP contribution in [0.3, 0.4) is 0 Å². The number of aromatic nitrogens is 2. The molecule has 45 heavy (non-hydrogen) atoms. The molecule has 0 amide bonds. The number of fused-ring (bicyclic) bond motifs is 2. The summed E-state index contributed by atoms with van der Waals surface area (Å²) < 4.78 is 25.6. The highest BCUT2D eigenvalue weighted by atomic mass is 79.9.